The van der Waals surface area contributed by atoms with Crippen LogP contribution in [-0.4, -0.2) is 25.1 Å². The molecule has 0 N–H and O–H groups in total. The molecule has 2 nitrogen and oxygen atoms in total. The van der Waals surface area contributed by atoms with E-state index in [1.165, 1.54) is 88.2 Å². The molecule has 0 bridgehead atoms. The summed E-state index contributed by atoms with van der Waals surface area (Å²) >= 11 is -1.66. The summed E-state index contributed by atoms with van der Waals surface area (Å²) in [5, 5.41) is 0. The van der Waals surface area contributed by atoms with Crippen LogP contribution in [0.2, 0.25) is 0 Å². The van der Waals surface area contributed by atoms with Crippen molar-refractivity contribution in [3.05, 3.63) is 59.7 Å². The van der Waals surface area contributed by atoms with Crippen LogP contribution in [0.4, 0.5) is 0 Å². The summed E-state index contributed by atoms with van der Waals surface area (Å²) in [7, 11) is 0. The SMILES string of the molecule is CCCCCCCCc1ccccc1[O][Pb][O]c1ccccc1CCCCCCCC. The summed E-state index contributed by atoms with van der Waals surface area (Å²) in [6.07, 6.45) is 18.2. The van der Waals surface area contributed by atoms with Gasteiger partial charge in [0.1, 0.15) is 0 Å². The number of para-hydroxylation sites is 2. The van der Waals surface area contributed by atoms with Gasteiger partial charge in [0.2, 0.25) is 0 Å². The minimum atomic E-state index is -1.66. The Bertz CT molecular complexity index is 641. The van der Waals surface area contributed by atoms with E-state index in [1.54, 1.807) is 0 Å². The topological polar surface area (TPSA) is 18.5 Å². The minimum absolute atomic E-state index is 1.05. The number of rotatable bonds is 18. The van der Waals surface area contributed by atoms with Crippen molar-refractivity contribution in [3.63, 3.8) is 0 Å². The standard InChI is InChI=1S/2C14H22O.Pb/c2*1-2-3-4-5-6-7-10-13-11-8-9-12-14(13)15;/h2*8-9,11-12,15H,2-7,10H2,1H3;/q;;+2/p-2. The number of aryl methyl sites for hydroxylation is 2. The molecule has 0 aliphatic carbocycles. The Labute approximate surface area is 204 Å². The number of hydrogen-bond acceptors (Lipinski definition) is 2. The molecular formula is C28H42O2Pb. The van der Waals surface area contributed by atoms with Crippen LogP contribution in [0.5, 0.6) is 11.5 Å². The molecule has 0 spiro atoms. The second kappa shape index (κ2) is 17.5. The van der Waals surface area contributed by atoms with Crippen molar-refractivity contribution in [3.8, 4) is 11.5 Å². The first kappa shape index (κ1) is 26.2. The normalized spacial score (nSPS) is 10.9. The van der Waals surface area contributed by atoms with Gasteiger partial charge in [-0.2, -0.15) is 0 Å². The van der Waals surface area contributed by atoms with E-state index in [1.807, 2.05) is 0 Å². The third-order valence-corrected chi connectivity index (χ3v) is 8.21. The molecule has 0 aromatic heterocycles. The van der Waals surface area contributed by atoms with E-state index in [0.717, 1.165) is 24.3 Å². The zero-order valence-electron chi connectivity index (χ0n) is 19.8. The first-order chi connectivity index (χ1) is 15.3. The Hall–Kier alpha value is -1.04. The number of unbranched alkanes of at least 4 members (excludes halogenated alkanes) is 10. The molecule has 0 saturated carbocycles. The zero-order valence-corrected chi connectivity index (χ0v) is 23.7. The summed E-state index contributed by atoms with van der Waals surface area (Å²) < 4.78 is 12.5. The van der Waals surface area contributed by atoms with Crippen LogP contribution >= 0.6 is 0 Å². The molecule has 0 saturated heterocycles. The predicted molar refractivity (Wildman–Crippen MR) is 134 cm³/mol. The van der Waals surface area contributed by atoms with Crippen molar-refractivity contribution in [2.75, 3.05) is 0 Å². The van der Waals surface area contributed by atoms with Crippen molar-refractivity contribution < 1.29 is 5.37 Å². The van der Waals surface area contributed by atoms with Gasteiger partial charge in [-0.3, -0.25) is 0 Å². The van der Waals surface area contributed by atoms with Crippen molar-refractivity contribution in [2.24, 2.45) is 0 Å². The Morgan fingerprint density at radius 3 is 1.35 bits per heavy atom. The van der Waals surface area contributed by atoms with Crippen LogP contribution in [0, 0.1) is 0 Å². The molecule has 31 heavy (non-hydrogen) atoms. The van der Waals surface area contributed by atoms with Gasteiger partial charge >= 0.3 is 205 Å². The van der Waals surface area contributed by atoms with Gasteiger partial charge in [0, 0.05) is 0 Å². The molecule has 2 radical (unpaired) electrons. The zero-order chi connectivity index (χ0) is 22.0. The van der Waals surface area contributed by atoms with E-state index in [2.05, 4.69) is 62.4 Å². The van der Waals surface area contributed by atoms with E-state index in [0.29, 0.717) is 0 Å². The number of benzene rings is 2. The summed E-state index contributed by atoms with van der Waals surface area (Å²) in [5.74, 6) is 2.10. The molecule has 2 aromatic carbocycles. The van der Waals surface area contributed by atoms with Crippen LogP contribution in [0.3, 0.4) is 0 Å². The van der Waals surface area contributed by atoms with Crippen molar-refractivity contribution >= 4 is 25.1 Å². The fourth-order valence-electron chi connectivity index (χ4n) is 3.92. The fourth-order valence-corrected chi connectivity index (χ4v) is 6.33. The third-order valence-electron chi connectivity index (χ3n) is 5.85. The maximum absolute atomic E-state index is 6.23. The molecule has 0 aliphatic heterocycles. The summed E-state index contributed by atoms with van der Waals surface area (Å²) in [6, 6.07) is 17.1. The third kappa shape index (κ3) is 11.4. The van der Waals surface area contributed by atoms with Crippen LogP contribution in [0.15, 0.2) is 48.5 Å². The predicted octanol–water partition coefficient (Wildman–Crippen LogP) is 8.48. The quantitative estimate of drug-likeness (QED) is 0.123. The van der Waals surface area contributed by atoms with E-state index in [-0.39, 0.29) is 0 Å². The first-order valence-corrected chi connectivity index (χ1v) is 15.8. The molecule has 0 unspecified atom stereocenters. The van der Waals surface area contributed by atoms with E-state index < -0.39 is 25.1 Å². The fraction of sp³-hybridized carbons (Fsp3) is 0.571. The van der Waals surface area contributed by atoms with Crippen molar-refractivity contribution in [1.29, 1.82) is 0 Å². The molecule has 0 aliphatic rings. The second-order valence-electron chi connectivity index (χ2n) is 8.54. The molecule has 0 fully saturated rings. The van der Waals surface area contributed by atoms with E-state index >= 15 is 0 Å². The van der Waals surface area contributed by atoms with Gasteiger partial charge in [-0.1, -0.05) is 0 Å². The molecule has 0 heterocycles. The Morgan fingerprint density at radius 2 is 0.903 bits per heavy atom. The van der Waals surface area contributed by atoms with Gasteiger partial charge in [0.05, 0.1) is 0 Å². The summed E-state index contributed by atoms with van der Waals surface area (Å²) in [4.78, 5) is 0. The molecular weight excluding hydrogens is 576 g/mol. The van der Waals surface area contributed by atoms with Gasteiger partial charge in [0.25, 0.3) is 0 Å². The van der Waals surface area contributed by atoms with Crippen molar-refractivity contribution in [1.82, 2.24) is 0 Å². The van der Waals surface area contributed by atoms with Gasteiger partial charge in [-0.15, -0.1) is 0 Å². The van der Waals surface area contributed by atoms with Gasteiger partial charge in [-0.25, -0.2) is 0 Å². The van der Waals surface area contributed by atoms with E-state index in [4.69, 9.17) is 5.37 Å². The second-order valence-corrected chi connectivity index (χ2v) is 10.8. The van der Waals surface area contributed by atoms with Gasteiger partial charge in [0.15, 0.2) is 0 Å². The van der Waals surface area contributed by atoms with Crippen LogP contribution in [-0.2, 0) is 12.8 Å². The molecule has 2 aromatic rings. The molecule has 3 heteroatoms. The number of hydrogen-bond donors (Lipinski definition) is 0. The summed E-state index contributed by atoms with van der Waals surface area (Å²) in [5.41, 5.74) is 2.68. The monoisotopic (exact) mass is 618 g/mol. The van der Waals surface area contributed by atoms with Crippen molar-refractivity contribution in [2.45, 2.75) is 104 Å². The van der Waals surface area contributed by atoms with Crippen LogP contribution in [0.25, 0.3) is 0 Å². The average molecular weight is 618 g/mol. The van der Waals surface area contributed by atoms with E-state index in [9.17, 15) is 0 Å². The summed E-state index contributed by atoms with van der Waals surface area (Å²) in [6.45, 7) is 4.54. The molecule has 0 amide bonds. The molecule has 0 atom stereocenters. The Balaban J connectivity index is 1.75. The molecule has 170 valence electrons. The van der Waals surface area contributed by atoms with Gasteiger partial charge < -0.3 is 0 Å². The first-order valence-electron chi connectivity index (χ1n) is 12.6. The Morgan fingerprint density at radius 1 is 0.516 bits per heavy atom. The maximum atomic E-state index is 6.23. The van der Waals surface area contributed by atoms with Crippen LogP contribution in [0.1, 0.15) is 102 Å². The molecule has 2 rings (SSSR count). The van der Waals surface area contributed by atoms with Gasteiger partial charge in [-0.05, 0) is 0 Å². The van der Waals surface area contributed by atoms with Crippen LogP contribution < -0.4 is 5.37 Å². The Kier molecular flexibility index (Phi) is 14.8. The average Bonchev–Trinajstić information content (AvgIpc) is 2.80.